The number of halogens is 4. The molecule has 2 aromatic rings. The number of carboxylic acid groups (broad SMARTS) is 1. The molecule has 0 saturated heterocycles. The van der Waals surface area contributed by atoms with Crippen LogP contribution in [0.25, 0.3) is 11.1 Å². The molecule has 1 heterocycles. The highest BCUT2D eigenvalue weighted by molar-refractivity contribution is 6.31. The number of aromatic nitrogens is 1. The van der Waals surface area contributed by atoms with E-state index in [2.05, 4.69) is 0 Å². The molecular weight excluding hydrogens is 361 g/mol. The molecule has 0 aliphatic heterocycles. The topological polar surface area (TPSA) is 83.1 Å². The van der Waals surface area contributed by atoms with Gasteiger partial charge < -0.3 is 9.67 Å². The van der Waals surface area contributed by atoms with E-state index >= 15 is 0 Å². The van der Waals surface area contributed by atoms with E-state index in [1.165, 1.54) is 12.1 Å². The smallest absolute Gasteiger partial charge is 0.418 e. The number of aliphatic carboxylic acids is 1. The van der Waals surface area contributed by atoms with Crippen LogP contribution in [0.3, 0.4) is 0 Å². The fraction of sp³-hybridized carbons (Fsp3) is 0.188. The van der Waals surface area contributed by atoms with Crippen LogP contribution in [0.5, 0.6) is 0 Å². The van der Waals surface area contributed by atoms with Gasteiger partial charge in [-0.05, 0) is 25.1 Å². The van der Waals surface area contributed by atoms with Crippen LogP contribution in [0.4, 0.5) is 13.2 Å². The minimum absolute atomic E-state index is 0.0882. The van der Waals surface area contributed by atoms with Crippen molar-refractivity contribution in [2.75, 3.05) is 0 Å². The van der Waals surface area contributed by atoms with Crippen LogP contribution in [0.15, 0.2) is 35.3 Å². The van der Waals surface area contributed by atoms with Crippen LogP contribution >= 0.6 is 11.6 Å². The molecule has 0 bridgehead atoms. The van der Waals surface area contributed by atoms with Gasteiger partial charge in [-0.1, -0.05) is 11.6 Å². The first kappa shape index (κ1) is 18.5. The van der Waals surface area contributed by atoms with Gasteiger partial charge in [0.25, 0.3) is 5.56 Å². The predicted octanol–water partition coefficient (Wildman–Crippen LogP) is 3.70. The molecule has 0 spiro atoms. The Bertz CT molecular complexity index is 945. The van der Waals surface area contributed by atoms with Crippen molar-refractivity contribution in [1.29, 1.82) is 5.26 Å². The molecule has 9 heteroatoms. The molecule has 0 aliphatic carbocycles. The van der Waals surface area contributed by atoms with Gasteiger partial charge >= 0.3 is 12.1 Å². The average Bonchev–Trinajstić information content (AvgIpc) is 2.52. The molecule has 1 N–H and O–H groups in total. The molecule has 1 atom stereocenters. The molecule has 0 aliphatic rings. The standard InChI is InChI=1S/C16H10ClF3N2O3/c1-8(15(24)25)22-7-13(16(18,19)20)12(5-14(22)23)11-4-10(17)3-2-9(11)6-21/h2-5,7-8H,1H3,(H,24,25). The van der Waals surface area contributed by atoms with Crippen LogP contribution < -0.4 is 5.56 Å². The second-order valence-corrected chi connectivity index (χ2v) is 5.60. The molecule has 0 radical (unpaired) electrons. The minimum atomic E-state index is -4.88. The zero-order valence-corrected chi connectivity index (χ0v) is 13.4. The Balaban J connectivity index is 2.87. The maximum absolute atomic E-state index is 13.5. The van der Waals surface area contributed by atoms with Crippen molar-refractivity contribution in [3.63, 3.8) is 0 Å². The highest BCUT2D eigenvalue weighted by Gasteiger charge is 2.36. The van der Waals surface area contributed by atoms with E-state index in [1.54, 1.807) is 6.07 Å². The number of carboxylic acids is 1. The zero-order valence-electron chi connectivity index (χ0n) is 12.6. The minimum Gasteiger partial charge on any atom is -0.480 e. The van der Waals surface area contributed by atoms with Crippen molar-refractivity contribution < 1.29 is 23.1 Å². The van der Waals surface area contributed by atoms with Crippen LogP contribution in [-0.2, 0) is 11.0 Å². The van der Waals surface area contributed by atoms with Gasteiger partial charge in [-0.25, -0.2) is 4.79 Å². The number of nitriles is 1. The first-order valence-electron chi connectivity index (χ1n) is 6.82. The van der Waals surface area contributed by atoms with E-state index in [0.29, 0.717) is 16.8 Å². The Morgan fingerprint density at radius 3 is 2.48 bits per heavy atom. The second-order valence-electron chi connectivity index (χ2n) is 5.16. The summed E-state index contributed by atoms with van der Waals surface area (Å²) in [5.41, 5.74) is -2.97. The molecule has 5 nitrogen and oxygen atoms in total. The van der Waals surface area contributed by atoms with Gasteiger partial charge in [0.2, 0.25) is 0 Å². The fourth-order valence-corrected chi connectivity index (χ4v) is 2.43. The van der Waals surface area contributed by atoms with Gasteiger partial charge in [-0.3, -0.25) is 4.79 Å². The first-order chi connectivity index (χ1) is 11.6. The van der Waals surface area contributed by atoms with Gasteiger partial charge in [-0.15, -0.1) is 0 Å². The number of rotatable bonds is 3. The number of hydrogen-bond donors (Lipinski definition) is 1. The van der Waals surface area contributed by atoms with E-state index in [9.17, 15) is 22.8 Å². The monoisotopic (exact) mass is 370 g/mol. The molecule has 1 aromatic carbocycles. The molecule has 1 unspecified atom stereocenters. The summed E-state index contributed by atoms with van der Waals surface area (Å²) in [6.07, 6.45) is -4.43. The molecule has 130 valence electrons. The SMILES string of the molecule is CC(C(=O)O)n1cc(C(F)(F)F)c(-c2cc(Cl)ccc2C#N)cc1=O. The van der Waals surface area contributed by atoms with Gasteiger partial charge in [0.1, 0.15) is 6.04 Å². The summed E-state index contributed by atoms with van der Waals surface area (Å²) in [6.45, 7) is 1.09. The largest absolute Gasteiger partial charge is 0.480 e. The summed E-state index contributed by atoms with van der Waals surface area (Å²) in [7, 11) is 0. The summed E-state index contributed by atoms with van der Waals surface area (Å²) in [5.74, 6) is -1.46. The maximum Gasteiger partial charge on any atom is 0.418 e. The molecule has 25 heavy (non-hydrogen) atoms. The molecule has 0 fully saturated rings. The third-order valence-corrected chi connectivity index (χ3v) is 3.79. The highest BCUT2D eigenvalue weighted by atomic mass is 35.5. The summed E-state index contributed by atoms with van der Waals surface area (Å²) in [6, 6.07) is 4.64. The normalized spacial score (nSPS) is 12.5. The average molecular weight is 371 g/mol. The number of alkyl halides is 3. The van der Waals surface area contributed by atoms with E-state index in [0.717, 1.165) is 13.0 Å². The van der Waals surface area contributed by atoms with Crippen molar-refractivity contribution in [2.45, 2.75) is 19.1 Å². The lowest BCUT2D eigenvalue weighted by molar-refractivity contribution is -0.142. The van der Waals surface area contributed by atoms with E-state index in [-0.39, 0.29) is 16.1 Å². The predicted molar refractivity (Wildman–Crippen MR) is 83.2 cm³/mol. The second kappa shape index (κ2) is 6.61. The summed E-state index contributed by atoms with van der Waals surface area (Å²) >= 11 is 5.80. The number of hydrogen-bond acceptors (Lipinski definition) is 3. The molecule has 2 rings (SSSR count). The Morgan fingerprint density at radius 2 is 1.96 bits per heavy atom. The van der Waals surface area contributed by atoms with Crippen LogP contribution in [0, 0.1) is 11.3 Å². The Kier molecular flexibility index (Phi) is 4.90. The maximum atomic E-state index is 13.5. The third kappa shape index (κ3) is 3.67. The summed E-state index contributed by atoms with van der Waals surface area (Å²) in [5, 5.41) is 18.2. The lowest BCUT2D eigenvalue weighted by Gasteiger charge is -2.18. The van der Waals surface area contributed by atoms with Crippen molar-refractivity contribution >= 4 is 17.6 Å². The van der Waals surface area contributed by atoms with Crippen molar-refractivity contribution in [3.8, 4) is 17.2 Å². The first-order valence-corrected chi connectivity index (χ1v) is 7.20. The van der Waals surface area contributed by atoms with Gasteiger partial charge in [0.05, 0.1) is 17.2 Å². The molecule has 1 aromatic heterocycles. The third-order valence-electron chi connectivity index (χ3n) is 3.55. The van der Waals surface area contributed by atoms with Gasteiger partial charge in [-0.2, -0.15) is 18.4 Å². The highest BCUT2D eigenvalue weighted by Crippen LogP contribution is 2.38. The summed E-state index contributed by atoms with van der Waals surface area (Å²) in [4.78, 5) is 23.2. The Labute approximate surface area is 144 Å². The van der Waals surface area contributed by atoms with Crippen molar-refractivity contribution in [3.05, 3.63) is 57.0 Å². The van der Waals surface area contributed by atoms with Crippen molar-refractivity contribution in [1.82, 2.24) is 4.57 Å². The van der Waals surface area contributed by atoms with Crippen LogP contribution in [0.2, 0.25) is 5.02 Å². The number of pyridine rings is 1. The lowest BCUT2D eigenvalue weighted by Crippen LogP contribution is -2.29. The van der Waals surface area contributed by atoms with E-state index < -0.39 is 34.9 Å². The zero-order chi connectivity index (χ0) is 18.9. The van der Waals surface area contributed by atoms with E-state index in [4.69, 9.17) is 22.0 Å². The fourth-order valence-electron chi connectivity index (χ4n) is 2.26. The quantitative estimate of drug-likeness (QED) is 0.892. The van der Waals surface area contributed by atoms with Crippen LogP contribution in [0.1, 0.15) is 24.1 Å². The number of carbonyl (C=O) groups is 1. The van der Waals surface area contributed by atoms with Gasteiger partial charge in [0, 0.05) is 28.4 Å². The Hall–Kier alpha value is -2.79. The summed E-state index contributed by atoms with van der Waals surface area (Å²) < 4.78 is 40.9. The van der Waals surface area contributed by atoms with E-state index in [1.807, 2.05) is 0 Å². The number of nitrogens with zero attached hydrogens (tertiary/aromatic N) is 2. The molecule has 0 saturated carbocycles. The molecular formula is C16H10ClF3N2O3. The lowest BCUT2D eigenvalue weighted by atomic mass is 9.96. The number of benzene rings is 1. The van der Waals surface area contributed by atoms with Gasteiger partial charge in [0.15, 0.2) is 0 Å². The van der Waals surface area contributed by atoms with Crippen molar-refractivity contribution in [2.24, 2.45) is 0 Å². The Morgan fingerprint density at radius 1 is 1.32 bits per heavy atom. The molecule has 0 amide bonds. The van der Waals surface area contributed by atoms with Crippen LogP contribution in [-0.4, -0.2) is 15.6 Å².